The Balaban J connectivity index is 2.69. The molecule has 0 atom stereocenters. The van der Waals surface area contributed by atoms with Crippen molar-refractivity contribution in [1.82, 2.24) is 5.32 Å². The van der Waals surface area contributed by atoms with Gasteiger partial charge in [0.05, 0.1) is 7.11 Å². The molecule has 0 heterocycles. The van der Waals surface area contributed by atoms with Gasteiger partial charge in [-0.1, -0.05) is 6.07 Å². The molecule has 1 aromatic carbocycles. The molecule has 0 unspecified atom stereocenters. The summed E-state index contributed by atoms with van der Waals surface area (Å²) in [5.74, 6) is -0.628. The second-order valence-electron chi connectivity index (χ2n) is 3.01. The summed E-state index contributed by atoms with van der Waals surface area (Å²) in [4.78, 5) is 11.1. The number of halogens is 1. The Hall–Kier alpha value is -1.78. The van der Waals surface area contributed by atoms with Gasteiger partial charge in [-0.2, -0.15) is 0 Å². The van der Waals surface area contributed by atoms with Crippen molar-refractivity contribution in [2.45, 2.75) is 6.92 Å². The molecule has 0 saturated carbocycles. The highest BCUT2D eigenvalue weighted by atomic mass is 19.1. The smallest absolute Gasteiger partial charge is 0.257 e. The number of hydrogen-bond donors (Lipinski definition) is 1. The van der Waals surface area contributed by atoms with E-state index in [2.05, 4.69) is 5.32 Å². The van der Waals surface area contributed by atoms with Crippen LogP contribution < -0.4 is 14.8 Å². The monoisotopic (exact) mass is 227 g/mol. The lowest BCUT2D eigenvalue weighted by Gasteiger charge is -2.10. The molecule has 0 aromatic heterocycles. The van der Waals surface area contributed by atoms with E-state index >= 15 is 0 Å². The third-order valence-corrected chi connectivity index (χ3v) is 1.87. The Labute approximate surface area is 93.4 Å². The number of nitrogens with one attached hydrogen (secondary N) is 1. The van der Waals surface area contributed by atoms with Crippen LogP contribution in [0.5, 0.6) is 11.5 Å². The van der Waals surface area contributed by atoms with E-state index in [9.17, 15) is 9.18 Å². The fraction of sp³-hybridized carbons (Fsp3) is 0.364. The molecular weight excluding hydrogens is 213 g/mol. The Morgan fingerprint density at radius 1 is 1.50 bits per heavy atom. The zero-order valence-electron chi connectivity index (χ0n) is 9.25. The Bertz CT molecular complexity index is 368. The zero-order valence-corrected chi connectivity index (χ0v) is 9.25. The molecule has 0 radical (unpaired) electrons. The molecule has 4 nitrogen and oxygen atoms in total. The Morgan fingerprint density at radius 3 is 2.88 bits per heavy atom. The van der Waals surface area contributed by atoms with Crippen molar-refractivity contribution in [3.05, 3.63) is 24.0 Å². The lowest BCUT2D eigenvalue weighted by molar-refractivity contribution is -0.123. The maximum absolute atomic E-state index is 13.3. The van der Waals surface area contributed by atoms with E-state index in [-0.39, 0.29) is 24.0 Å². The first-order valence-corrected chi connectivity index (χ1v) is 4.91. The van der Waals surface area contributed by atoms with Crippen LogP contribution in [0.4, 0.5) is 4.39 Å². The van der Waals surface area contributed by atoms with Crippen molar-refractivity contribution in [3.63, 3.8) is 0 Å². The number of amides is 1. The third kappa shape index (κ3) is 3.12. The van der Waals surface area contributed by atoms with Gasteiger partial charge in [-0.05, 0) is 19.1 Å². The number of hydrogen-bond acceptors (Lipinski definition) is 3. The molecule has 1 rings (SSSR count). The number of para-hydroxylation sites is 1. The highest BCUT2D eigenvalue weighted by Crippen LogP contribution is 2.29. The minimum absolute atomic E-state index is 0.0451. The maximum Gasteiger partial charge on any atom is 0.257 e. The Morgan fingerprint density at radius 2 is 2.25 bits per heavy atom. The summed E-state index contributed by atoms with van der Waals surface area (Å²) >= 11 is 0. The molecule has 1 aromatic rings. The summed E-state index contributed by atoms with van der Waals surface area (Å²) < 4.78 is 23.3. The topological polar surface area (TPSA) is 47.6 Å². The van der Waals surface area contributed by atoms with Crippen LogP contribution in [0.15, 0.2) is 18.2 Å². The van der Waals surface area contributed by atoms with E-state index < -0.39 is 5.82 Å². The largest absolute Gasteiger partial charge is 0.493 e. The van der Waals surface area contributed by atoms with E-state index in [0.29, 0.717) is 6.54 Å². The molecule has 1 amide bonds. The first kappa shape index (κ1) is 12.3. The maximum atomic E-state index is 13.3. The normalized spacial score (nSPS) is 9.69. The number of ether oxygens (including phenoxy) is 2. The summed E-state index contributed by atoms with van der Waals surface area (Å²) in [7, 11) is 1.41. The van der Waals surface area contributed by atoms with Gasteiger partial charge in [-0.25, -0.2) is 4.39 Å². The van der Waals surface area contributed by atoms with Crippen LogP contribution in [0.25, 0.3) is 0 Å². The molecule has 0 saturated heterocycles. The number of rotatable bonds is 5. The summed E-state index contributed by atoms with van der Waals surface area (Å²) in [6.45, 7) is 2.07. The van der Waals surface area contributed by atoms with Gasteiger partial charge in [0.25, 0.3) is 5.91 Å². The summed E-state index contributed by atoms with van der Waals surface area (Å²) in [6.07, 6.45) is 0. The van der Waals surface area contributed by atoms with Gasteiger partial charge < -0.3 is 14.8 Å². The van der Waals surface area contributed by atoms with Crippen LogP contribution in [0.3, 0.4) is 0 Å². The van der Waals surface area contributed by atoms with E-state index in [1.54, 1.807) is 13.0 Å². The molecule has 0 aliphatic rings. The number of likely N-dealkylation sites (N-methyl/N-ethyl adjacent to an activating group) is 1. The van der Waals surface area contributed by atoms with Crippen molar-refractivity contribution < 1.29 is 18.7 Å². The average Bonchev–Trinajstić information content (AvgIpc) is 2.27. The molecule has 16 heavy (non-hydrogen) atoms. The minimum Gasteiger partial charge on any atom is -0.493 e. The fourth-order valence-electron chi connectivity index (χ4n) is 1.18. The number of carbonyl (C=O) groups is 1. The summed E-state index contributed by atoms with van der Waals surface area (Å²) in [5.41, 5.74) is 0. The number of benzene rings is 1. The molecule has 5 heteroatoms. The van der Waals surface area contributed by atoms with Gasteiger partial charge in [0.15, 0.2) is 23.9 Å². The van der Waals surface area contributed by atoms with Gasteiger partial charge in [0, 0.05) is 6.54 Å². The molecule has 88 valence electrons. The van der Waals surface area contributed by atoms with Crippen LogP contribution in [-0.2, 0) is 4.79 Å². The van der Waals surface area contributed by atoms with Crippen LogP contribution in [-0.4, -0.2) is 26.2 Å². The quantitative estimate of drug-likeness (QED) is 0.826. The van der Waals surface area contributed by atoms with Crippen LogP contribution in [0.2, 0.25) is 0 Å². The van der Waals surface area contributed by atoms with Gasteiger partial charge >= 0.3 is 0 Å². The van der Waals surface area contributed by atoms with Crippen LogP contribution >= 0.6 is 0 Å². The molecular formula is C11H14FNO3. The number of methoxy groups -OCH3 is 1. The van der Waals surface area contributed by atoms with Crippen LogP contribution in [0.1, 0.15) is 6.92 Å². The molecule has 0 aliphatic heterocycles. The molecule has 0 fully saturated rings. The zero-order chi connectivity index (χ0) is 12.0. The van der Waals surface area contributed by atoms with E-state index in [4.69, 9.17) is 9.47 Å². The second-order valence-corrected chi connectivity index (χ2v) is 3.01. The van der Waals surface area contributed by atoms with E-state index in [1.807, 2.05) is 0 Å². The fourth-order valence-corrected chi connectivity index (χ4v) is 1.18. The Kier molecular flexibility index (Phi) is 4.57. The van der Waals surface area contributed by atoms with Crippen molar-refractivity contribution in [2.75, 3.05) is 20.3 Å². The predicted molar refractivity (Wildman–Crippen MR) is 57.1 cm³/mol. The summed E-state index contributed by atoms with van der Waals surface area (Å²) in [6, 6.07) is 4.32. The predicted octanol–water partition coefficient (Wildman–Crippen LogP) is 1.35. The first-order chi connectivity index (χ1) is 7.69. The molecule has 0 bridgehead atoms. The standard InChI is InChI=1S/C11H14FNO3/c1-3-13-10(14)7-16-11-8(12)5-4-6-9(11)15-2/h4-6H,3,7H2,1-2H3,(H,13,14). The third-order valence-electron chi connectivity index (χ3n) is 1.87. The van der Waals surface area contributed by atoms with Crippen LogP contribution in [0, 0.1) is 5.82 Å². The number of carbonyl (C=O) groups excluding carboxylic acids is 1. The highest BCUT2D eigenvalue weighted by Gasteiger charge is 2.11. The molecule has 0 aliphatic carbocycles. The molecule has 1 N–H and O–H groups in total. The van der Waals surface area contributed by atoms with Crippen molar-refractivity contribution in [1.29, 1.82) is 0 Å². The minimum atomic E-state index is -0.552. The van der Waals surface area contributed by atoms with Gasteiger partial charge in [0.1, 0.15) is 0 Å². The first-order valence-electron chi connectivity index (χ1n) is 4.91. The SMILES string of the molecule is CCNC(=O)COc1c(F)cccc1OC. The van der Waals surface area contributed by atoms with Gasteiger partial charge in [-0.3, -0.25) is 4.79 Å². The van der Waals surface area contributed by atoms with Gasteiger partial charge in [0.2, 0.25) is 0 Å². The average molecular weight is 227 g/mol. The second kappa shape index (κ2) is 5.95. The van der Waals surface area contributed by atoms with Crippen molar-refractivity contribution in [3.8, 4) is 11.5 Å². The lowest BCUT2D eigenvalue weighted by Crippen LogP contribution is -2.28. The van der Waals surface area contributed by atoms with Crippen molar-refractivity contribution >= 4 is 5.91 Å². The highest BCUT2D eigenvalue weighted by molar-refractivity contribution is 5.77. The summed E-state index contributed by atoms with van der Waals surface area (Å²) in [5, 5.41) is 2.55. The van der Waals surface area contributed by atoms with Crippen molar-refractivity contribution in [2.24, 2.45) is 0 Å². The van der Waals surface area contributed by atoms with Gasteiger partial charge in [-0.15, -0.1) is 0 Å². The lowest BCUT2D eigenvalue weighted by atomic mass is 10.3. The molecule has 0 spiro atoms. The van der Waals surface area contributed by atoms with E-state index in [1.165, 1.54) is 19.2 Å². The van der Waals surface area contributed by atoms with E-state index in [0.717, 1.165) is 0 Å².